The second kappa shape index (κ2) is 11.1. The number of hydrogen-bond acceptors (Lipinski definition) is 6. The molecule has 7 nitrogen and oxygen atoms in total. The molecule has 36 heavy (non-hydrogen) atoms. The van der Waals surface area contributed by atoms with Gasteiger partial charge in [-0.2, -0.15) is 31.6 Å². The molecule has 0 heterocycles. The highest BCUT2D eigenvalue weighted by Gasteiger charge is 2.41. The van der Waals surface area contributed by atoms with Crippen LogP contribution in [0.4, 0.5) is 41.2 Å². The minimum Gasteiger partial charge on any atom is -0.409 e. The van der Waals surface area contributed by atoms with Crippen LogP contribution in [0, 0.1) is 17.1 Å². The summed E-state index contributed by atoms with van der Waals surface area (Å²) in [7, 11) is 1.08. The first-order valence-electron chi connectivity index (χ1n) is 9.72. The summed E-state index contributed by atoms with van der Waals surface area (Å²) in [4.78, 5) is 16.9. The predicted octanol–water partition coefficient (Wildman–Crippen LogP) is 4.75. The molecule has 0 saturated carbocycles. The van der Waals surface area contributed by atoms with Gasteiger partial charge in [0.05, 0.1) is 23.8 Å². The molecule has 0 spiro atoms. The molecule has 0 saturated heterocycles. The number of halogens is 7. The summed E-state index contributed by atoms with van der Waals surface area (Å²) in [5, 5.41) is 17.9. The number of aliphatic imine (C=N–C) groups is 1. The number of carbonyl (C=O) groups excluding carboxylic acids is 1. The summed E-state index contributed by atoms with van der Waals surface area (Å²) < 4.78 is 99.8. The highest BCUT2D eigenvalue weighted by atomic mass is 19.4. The van der Waals surface area contributed by atoms with Crippen molar-refractivity contribution in [3.8, 4) is 11.8 Å². The standard InChI is InChI=1S/C22H17F7N4O3/c1-33(16-4-2-14(23)3-5-16)20(35)36-19-17(12(8-30)10-32-15(9-31)11-34)6-13(21(24,25)26)7-18(19)22(27,28)29/h2-8,10,15,34H,11,30H2,1H3. The Balaban J connectivity index is 2.73. The van der Waals surface area contributed by atoms with Crippen molar-refractivity contribution >= 4 is 23.6 Å². The normalized spacial score (nSPS) is 13.4. The smallest absolute Gasteiger partial charge is 0.409 e. The van der Waals surface area contributed by atoms with Crippen molar-refractivity contribution in [3.05, 3.63) is 65.1 Å². The number of aliphatic hydroxyl groups excluding tert-OH is 1. The third-order valence-corrected chi connectivity index (χ3v) is 4.60. The van der Waals surface area contributed by atoms with E-state index in [0.717, 1.165) is 31.3 Å². The minimum absolute atomic E-state index is 0.000573. The summed E-state index contributed by atoms with van der Waals surface area (Å²) in [6, 6.07) is 4.32. The molecule has 0 radical (unpaired) electrons. The van der Waals surface area contributed by atoms with Crippen LogP contribution in [-0.2, 0) is 12.4 Å². The van der Waals surface area contributed by atoms with Gasteiger partial charge in [0.1, 0.15) is 5.82 Å². The molecule has 1 unspecified atom stereocenters. The van der Waals surface area contributed by atoms with Gasteiger partial charge in [-0.15, -0.1) is 0 Å². The van der Waals surface area contributed by atoms with E-state index < -0.39 is 64.9 Å². The zero-order valence-electron chi connectivity index (χ0n) is 18.2. The highest BCUT2D eigenvalue weighted by molar-refractivity contribution is 6.11. The fourth-order valence-electron chi connectivity index (χ4n) is 2.75. The monoisotopic (exact) mass is 518 g/mol. The Labute approximate surface area is 199 Å². The van der Waals surface area contributed by atoms with Crippen molar-refractivity contribution in [2.75, 3.05) is 18.6 Å². The third-order valence-electron chi connectivity index (χ3n) is 4.60. The number of aliphatic hydroxyl groups is 1. The lowest BCUT2D eigenvalue weighted by molar-refractivity contribution is -0.143. The fraction of sp³-hybridized carbons (Fsp3) is 0.227. The van der Waals surface area contributed by atoms with Crippen LogP contribution in [0.5, 0.6) is 5.75 Å². The third kappa shape index (κ3) is 6.72. The van der Waals surface area contributed by atoms with E-state index in [2.05, 4.69) is 4.99 Å². The molecule has 2 aromatic carbocycles. The van der Waals surface area contributed by atoms with Crippen molar-refractivity contribution in [2.45, 2.75) is 18.4 Å². The number of carbonyl (C=O) groups is 1. The van der Waals surface area contributed by atoms with Gasteiger partial charge in [-0.25, -0.2) is 9.18 Å². The van der Waals surface area contributed by atoms with Gasteiger partial charge in [-0.1, -0.05) is 0 Å². The molecule has 192 valence electrons. The van der Waals surface area contributed by atoms with Crippen molar-refractivity contribution in [3.63, 3.8) is 0 Å². The maximum atomic E-state index is 13.8. The van der Waals surface area contributed by atoms with E-state index >= 15 is 0 Å². The molecule has 0 aromatic heterocycles. The molecule has 1 atom stereocenters. The Bertz CT molecular complexity index is 1200. The lowest BCUT2D eigenvalue weighted by atomic mass is 9.98. The average Bonchev–Trinajstić information content (AvgIpc) is 2.81. The van der Waals surface area contributed by atoms with Gasteiger partial charge in [0.25, 0.3) is 0 Å². The quantitative estimate of drug-likeness (QED) is 0.423. The molecule has 0 aliphatic rings. The highest BCUT2D eigenvalue weighted by Crippen LogP contribution is 2.44. The Morgan fingerprint density at radius 2 is 1.81 bits per heavy atom. The van der Waals surface area contributed by atoms with Gasteiger partial charge < -0.3 is 15.6 Å². The maximum absolute atomic E-state index is 13.8. The molecule has 2 aromatic rings. The van der Waals surface area contributed by atoms with Crippen molar-refractivity contribution in [1.29, 1.82) is 5.26 Å². The van der Waals surface area contributed by atoms with E-state index in [4.69, 9.17) is 20.8 Å². The summed E-state index contributed by atoms with van der Waals surface area (Å²) >= 11 is 0. The zero-order valence-corrected chi connectivity index (χ0v) is 18.2. The number of allylic oxidation sites excluding steroid dienone is 1. The first-order valence-corrected chi connectivity index (χ1v) is 9.72. The molecular formula is C22H17F7N4O3. The lowest BCUT2D eigenvalue weighted by Gasteiger charge is -2.22. The van der Waals surface area contributed by atoms with Crippen LogP contribution >= 0.6 is 0 Å². The number of amides is 1. The van der Waals surface area contributed by atoms with Gasteiger partial charge in [0.15, 0.2) is 11.8 Å². The van der Waals surface area contributed by atoms with Crippen LogP contribution in [0.1, 0.15) is 16.7 Å². The zero-order chi connectivity index (χ0) is 27.3. The number of nitriles is 1. The van der Waals surface area contributed by atoms with Crippen molar-refractivity contribution < 1.29 is 45.4 Å². The number of rotatable bonds is 6. The number of ether oxygens (including phenoxy) is 1. The first kappa shape index (κ1) is 28.1. The topological polar surface area (TPSA) is 112 Å². The maximum Gasteiger partial charge on any atom is 0.420 e. The van der Waals surface area contributed by atoms with Crippen LogP contribution in [0.3, 0.4) is 0 Å². The molecule has 0 aliphatic heterocycles. The SMILES string of the molecule is CN(C(=O)Oc1c(C(C=NC(C#N)CO)=CN)cc(C(F)(F)F)cc1C(F)(F)F)c1ccc(F)cc1. The van der Waals surface area contributed by atoms with Gasteiger partial charge in [0.2, 0.25) is 0 Å². The van der Waals surface area contributed by atoms with E-state index in [1.54, 1.807) is 6.07 Å². The number of alkyl halides is 6. The van der Waals surface area contributed by atoms with E-state index in [0.29, 0.717) is 17.3 Å². The van der Waals surface area contributed by atoms with Crippen LogP contribution in [-0.4, -0.2) is 37.1 Å². The Hall–Kier alpha value is -4.12. The van der Waals surface area contributed by atoms with Gasteiger partial charge in [-0.3, -0.25) is 9.89 Å². The van der Waals surface area contributed by atoms with Crippen LogP contribution in [0.25, 0.3) is 5.57 Å². The van der Waals surface area contributed by atoms with Crippen molar-refractivity contribution in [1.82, 2.24) is 0 Å². The molecule has 0 bridgehead atoms. The van der Waals surface area contributed by atoms with Gasteiger partial charge >= 0.3 is 18.4 Å². The molecule has 3 N–H and O–H groups in total. The largest absolute Gasteiger partial charge is 0.420 e. The summed E-state index contributed by atoms with van der Waals surface area (Å²) in [5.74, 6) is -1.99. The first-order chi connectivity index (χ1) is 16.7. The number of hydrogen-bond donors (Lipinski definition) is 2. The summed E-state index contributed by atoms with van der Waals surface area (Å²) in [5.41, 5.74) is 0.237. The van der Waals surface area contributed by atoms with E-state index in [1.807, 2.05) is 0 Å². The van der Waals surface area contributed by atoms with Gasteiger partial charge in [0, 0.05) is 36.3 Å². The summed E-state index contributed by atoms with van der Waals surface area (Å²) in [6.45, 7) is -0.800. The predicted molar refractivity (Wildman–Crippen MR) is 114 cm³/mol. The van der Waals surface area contributed by atoms with Crippen LogP contribution in [0.2, 0.25) is 0 Å². The molecule has 0 fully saturated rings. The van der Waals surface area contributed by atoms with Crippen LogP contribution in [0.15, 0.2) is 47.6 Å². The molecule has 2 rings (SSSR count). The minimum atomic E-state index is -5.42. The molecular weight excluding hydrogens is 501 g/mol. The van der Waals surface area contributed by atoms with Gasteiger partial charge in [-0.05, 0) is 36.4 Å². The Kier molecular flexibility index (Phi) is 8.66. The molecule has 0 aliphatic carbocycles. The molecule has 14 heteroatoms. The van der Waals surface area contributed by atoms with E-state index in [9.17, 15) is 35.5 Å². The number of nitrogens with two attached hydrogens (primary N) is 1. The van der Waals surface area contributed by atoms with E-state index in [-0.39, 0.29) is 17.8 Å². The number of anilines is 1. The van der Waals surface area contributed by atoms with Crippen LogP contribution < -0.4 is 15.4 Å². The summed E-state index contributed by atoms with van der Waals surface area (Å²) in [6.07, 6.45) is -10.9. The van der Waals surface area contributed by atoms with E-state index in [1.165, 1.54) is 0 Å². The number of benzene rings is 2. The second-order valence-electron chi connectivity index (χ2n) is 7.03. The Morgan fingerprint density at radius 3 is 2.28 bits per heavy atom. The molecule has 1 amide bonds. The Morgan fingerprint density at radius 1 is 1.19 bits per heavy atom. The van der Waals surface area contributed by atoms with Crippen molar-refractivity contribution in [2.24, 2.45) is 10.7 Å². The second-order valence-corrected chi connectivity index (χ2v) is 7.03. The number of nitrogens with zero attached hydrogens (tertiary/aromatic N) is 3. The fourth-order valence-corrected chi connectivity index (χ4v) is 2.75. The lowest BCUT2D eigenvalue weighted by Crippen LogP contribution is -2.30. The average molecular weight is 518 g/mol.